The first-order valence-electron chi connectivity index (χ1n) is 8.50. The summed E-state index contributed by atoms with van der Waals surface area (Å²) in [4.78, 5) is 30.4. The van der Waals surface area contributed by atoms with Crippen LogP contribution in [0.5, 0.6) is 0 Å². The Morgan fingerprint density at radius 2 is 1.93 bits per heavy atom. The van der Waals surface area contributed by atoms with Gasteiger partial charge >= 0.3 is 0 Å². The summed E-state index contributed by atoms with van der Waals surface area (Å²) < 4.78 is 5.46. The molecule has 0 aliphatic rings. The number of hydrogen-bond acceptors (Lipinski definition) is 6. The van der Waals surface area contributed by atoms with Gasteiger partial charge in [-0.25, -0.2) is 15.0 Å². The van der Waals surface area contributed by atoms with Crippen LogP contribution >= 0.6 is 0 Å². The summed E-state index contributed by atoms with van der Waals surface area (Å²) in [5, 5.41) is 4.95. The number of nitrogens with zero attached hydrogens (tertiary/aromatic N) is 4. The number of para-hydroxylation sites is 2. The van der Waals surface area contributed by atoms with Gasteiger partial charge in [-0.2, -0.15) is 0 Å². The number of fused-ring (bicyclic) bond motifs is 2. The smallest absolute Gasteiger partial charge is 0.249 e. The standard InChI is InChI=1S/C19H14N6O2/c26-17-8-6-12-13(20-10-21-18(12)24-17)7-5-11-9-16(25-27-11)19-22-14-3-1-2-4-15(14)23-19/h1-4,6,8-10H,5,7H2,(H,22,23)(H,20,21,24,26). The van der Waals surface area contributed by atoms with Gasteiger partial charge in [0.15, 0.2) is 5.82 Å². The quantitative estimate of drug-likeness (QED) is 0.510. The number of nitrogens with one attached hydrogen (secondary N) is 2. The minimum atomic E-state index is -0.183. The predicted molar refractivity (Wildman–Crippen MR) is 99.2 cm³/mol. The first-order chi connectivity index (χ1) is 13.3. The normalized spacial score (nSPS) is 11.4. The van der Waals surface area contributed by atoms with Crippen molar-refractivity contribution in [3.05, 3.63) is 70.6 Å². The van der Waals surface area contributed by atoms with Crippen LogP contribution in [-0.4, -0.2) is 30.1 Å². The minimum absolute atomic E-state index is 0.183. The van der Waals surface area contributed by atoms with E-state index in [1.165, 1.54) is 12.4 Å². The summed E-state index contributed by atoms with van der Waals surface area (Å²) in [5.74, 6) is 1.41. The lowest BCUT2D eigenvalue weighted by Crippen LogP contribution is -2.06. The van der Waals surface area contributed by atoms with Gasteiger partial charge in [0, 0.05) is 23.9 Å². The van der Waals surface area contributed by atoms with Crippen molar-refractivity contribution in [2.75, 3.05) is 0 Å². The van der Waals surface area contributed by atoms with Crippen LogP contribution in [0.15, 0.2) is 58.1 Å². The molecule has 0 unspecified atom stereocenters. The second kappa shape index (κ2) is 6.17. The maximum Gasteiger partial charge on any atom is 0.249 e. The van der Waals surface area contributed by atoms with Crippen molar-refractivity contribution in [2.45, 2.75) is 12.8 Å². The predicted octanol–water partition coefficient (Wildman–Crippen LogP) is 2.63. The molecule has 5 rings (SSSR count). The third-order valence-corrected chi connectivity index (χ3v) is 4.41. The summed E-state index contributed by atoms with van der Waals surface area (Å²) in [5.41, 5.74) is 3.71. The summed E-state index contributed by atoms with van der Waals surface area (Å²) >= 11 is 0. The number of pyridine rings is 1. The van der Waals surface area contributed by atoms with Gasteiger partial charge in [-0.15, -0.1) is 0 Å². The molecule has 0 aliphatic carbocycles. The van der Waals surface area contributed by atoms with E-state index in [0.29, 0.717) is 30.0 Å². The highest BCUT2D eigenvalue weighted by Crippen LogP contribution is 2.21. The molecular formula is C19H14N6O2. The van der Waals surface area contributed by atoms with Gasteiger partial charge in [0.05, 0.1) is 16.7 Å². The third kappa shape index (κ3) is 2.86. The second-order valence-electron chi connectivity index (χ2n) is 6.19. The highest BCUT2D eigenvalue weighted by atomic mass is 16.5. The van der Waals surface area contributed by atoms with E-state index in [-0.39, 0.29) is 5.56 Å². The number of hydrogen-bond donors (Lipinski definition) is 2. The maximum absolute atomic E-state index is 11.4. The first kappa shape index (κ1) is 15.4. The van der Waals surface area contributed by atoms with Crippen molar-refractivity contribution < 1.29 is 4.52 Å². The molecule has 0 radical (unpaired) electrons. The molecule has 0 aliphatic heterocycles. The molecule has 0 saturated heterocycles. The van der Waals surface area contributed by atoms with Crippen LogP contribution in [0.3, 0.4) is 0 Å². The van der Waals surface area contributed by atoms with Gasteiger partial charge in [0.25, 0.3) is 0 Å². The van der Waals surface area contributed by atoms with Crippen LogP contribution in [0, 0.1) is 0 Å². The molecule has 8 nitrogen and oxygen atoms in total. The molecule has 0 bridgehead atoms. The summed E-state index contributed by atoms with van der Waals surface area (Å²) in [6.07, 6.45) is 2.71. The lowest BCUT2D eigenvalue weighted by Gasteiger charge is -2.02. The average Bonchev–Trinajstić information content (AvgIpc) is 3.32. The van der Waals surface area contributed by atoms with E-state index in [4.69, 9.17) is 4.52 Å². The summed E-state index contributed by atoms with van der Waals surface area (Å²) in [7, 11) is 0. The van der Waals surface area contributed by atoms with Gasteiger partial charge in [-0.1, -0.05) is 17.3 Å². The molecule has 0 atom stereocenters. The van der Waals surface area contributed by atoms with Crippen LogP contribution in [-0.2, 0) is 12.8 Å². The Bertz CT molecular complexity index is 1280. The molecule has 0 fully saturated rings. The fourth-order valence-corrected chi connectivity index (χ4v) is 3.08. The summed E-state index contributed by atoms with van der Waals surface area (Å²) in [6, 6.07) is 12.9. The molecule has 132 valence electrons. The topological polar surface area (TPSA) is 113 Å². The molecule has 8 heteroatoms. The van der Waals surface area contributed by atoms with Gasteiger partial charge < -0.3 is 14.5 Å². The molecule has 0 amide bonds. The molecule has 0 saturated carbocycles. The van der Waals surface area contributed by atoms with Crippen LogP contribution in [0.2, 0.25) is 0 Å². The largest absolute Gasteiger partial charge is 0.361 e. The number of benzene rings is 1. The number of aromatic nitrogens is 6. The van der Waals surface area contributed by atoms with E-state index in [9.17, 15) is 4.79 Å². The van der Waals surface area contributed by atoms with Crippen molar-refractivity contribution >= 4 is 22.1 Å². The molecule has 0 spiro atoms. The van der Waals surface area contributed by atoms with Crippen LogP contribution in [0.1, 0.15) is 11.5 Å². The van der Waals surface area contributed by atoms with E-state index in [1.54, 1.807) is 6.07 Å². The Kier molecular flexibility index (Phi) is 3.53. The minimum Gasteiger partial charge on any atom is -0.361 e. The van der Waals surface area contributed by atoms with E-state index in [2.05, 4.69) is 30.1 Å². The maximum atomic E-state index is 11.4. The number of rotatable bonds is 4. The Hall–Kier alpha value is -3.81. The van der Waals surface area contributed by atoms with E-state index >= 15 is 0 Å². The van der Waals surface area contributed by atoms with Crippen LogP contribution < -0.4 is 5.56 Å². The zero-order valence-corrected chi connectivity index (χ0v) is 14.1. The van der Waals surface area contributed by atoms with Crippen molar-refractivity contribution in [3.63, 3.8) is 0 Å². The van der Waals surface area contributed by atoms with Crippen LogP contribution in [0.4, 0.5) is 0 Å². The number of aromatic amines is 2. The van der Waals surface area contributed by atoms with Gasteiger partial charge in [-0.05, 0) is 24.6 Å². The first-order valence-corrected chi connectivity index (χ1v) is 8.50. The van der Waals surface area contributed by atoms with Crippen LogP contribution in [0.25, 0.3) is 33.6 Å². The van der Waals surface area contributed by atoms with Crippen molar-refractivity contribution in [1.82, 2.24) is 30.1 Å². The molecule has 1 aromatic carbocycles. The highest BCUT2D eigenvalue weighted by Gasteiger charge is 2.12. The number of imidazole rings is 1. The Balaban J connectivity index is 1.39. The second-order valence-corrected chi connectivity index (χ2v) is 6.19. The summed E-state index contributed by atoms with van der Waals surface area (Å²) in [6.45, 7) is 0. The Morgan fingerprint density at radius 1 is 1.00 bits per heavy atom. The zero-order chi connectivity index (χ0) is 18.2. The molecule has 4 aromatic heterocycles. The number of H-pyrrole nitrogens is 2. The molecule has 5 aromatic rings. The fourth-order valence-electron chi connectivity index (χ4n) is 3.08. The highest BCUT2D eigenvalue weighted by molar-refractivity contribution is 5.78. The van der Waals surface area contributed by atoms with Crippen molar-refractivity contribution in [2.24, 2.45) is 0 Å². The lowest BCUT2D eigenvalue weighted by molar-refractivity contribution is 0.384. The monoisotopic (exact) mass is 358 g/mol. The SMILES string of the molecule is O=c1ccc2c(CCc3cc(-c4nc5ccccc5[nH]4)no3)ncnc2[nH]1. The molecule has 27 heavy (non-hydrogen) atoms. The van der Waals surface area contributed by atoms with Gasteiger partial charge in [0.1, 0.15) is 23.4 Å². The Morgan fingerprint density at radius 3 is 2.85 bits per heavy atom. The van der Waals surface area contributed by atoms with E-state index in [0.717, 1.165) is 27.9 Å². The fraction of sp³-hybridized carbons (Fsp3) is 0.105. The number of aryl methyl sites for hydroxylation is 2. The van der Waals surface area contributed by atoms with Crippen molar-refractivity contribution in [3.8, 4) is 11.5 Å². The van der Waals surface area contributed by atoms with Crippen molar-refractivity contribution in [1.29, 1.82) is 0 Å². The third-order valence-electron chi connectivity index (χ3n) is 4.41. The van der Waals surface area contributed by atoms with Gasteiger partial charge in [0.2, 0.25) is 5.56 Å². The van der Waals surface area contributed by atoms with Gasteiger partial charge in [-0.3, -0.25) is 4.79 Å². The van der Waals surface area contributed by atoms with E-state index < -0.39 is 0 Å². The average molecular weight is 358 g/mol. The van der Waals surface area contributed by atoms with E-state index in [1.807, 2.05) is 30.3 Å². The Labute approximate surface area is 152 Å². The molecule has 2 N–H and O–H groups in total. The molecular weight excluding hydrogens is 344 g/mol. The molecule has 4 heterocycles. The lowest BCUT2D eigenvalue weighted by atomic mass is 10.1. The zero-order valence-electron chi connectivity index (χ0n) is 14.1.